The van der Waals surface area contributed by atoms with Gasteiger partial charge in [-0.05, 0) is 105 Å². The minimum absolute atomic E-state index is 0.0904. The van der Waals surface area contributed by atoms with E-state index in [9.17, 15) is 15.3 Å². The zero-order valence-electron chi connectivity index (χ0n) is 21.5. The van der Waals surface area contributed by atoms with E-state index in [2.05, 4.69) is 27.7 Å². The van der Waals surface area contributed by atoms with Crippen LogP contribution in [0.2, 0.25) is 0 Å². The third-order valence-corrected chi connectivity index (χ3v) is 11.6. The smallest absolute Gasteiger partial charge is 0.191 e. The van der Waals surface area contributed by atoms with Crippen molar-refractivity contribution in [2.75, 3.05) is 6.61 Å². The number of hydrogen-bond donors (Lipinski definition) is 3. The summed E-state index contributed by atoms with van der Waals surface area (Å²) in [5, 5.41) is 32.5. The Morgan fingerprint density at radius 1 is 0.879 bits per heavy atom. The van der Waals surface area contributed by atoms with E-state index in [1.54, 1.807) is 0 Å². The van der Waals surface area contributed by atoms with Crippen molar-refractivity contribution in [3.63, 3.8) is 0 Å². The van der Waals surface area contributed by atoms with Crippen LogP contribution in [0.1, 0.15) is 92.4 Å². The first-order valence-electron chi connectivity index (χ1n) is 13.9. The summed E-state index contributed by atoms with van der Waals surface area (Å²) in [4.78, 5) is 0. The summed E-state index contributed by atoms with van der Waals surface area (Å²) in [5.74, 6) is 1.79. The lowest BCUT2D eigenvalue weighted by atomic mass is 9.44. The lowest BCUT2D eigenvalue weighted by Gasteiger charge is -2.62. The van der Waals surface area contributed by atoms with Gasteiger partial charge in [0.1, 0.15) is 6.10 Å². The number of aliphatic hydroxyl groups excluding tert-OH is 3. The minimum Gasteiger partial charge on any atom is -0.393 e. The number of hydrogen-bond acceptors (Lipinski definition) is 5. The molecular formula is C28H48O5. The molecule has 5 fully saturated rings. The largest absolute Gasteiger partial charge is 0.393 e. The van der Waals surface area contributed by atoms with Crippen molar-refractivity contribution in [2.24, 2.45) is 46.3 Å². The number of rotatable bonds is 3. The van der Waals surface area contributed by atoms with Crippen LogP contribution in [0.3, 0.4) is 0 Å². The second-order valence-electron chi connectivity index (χ2n) is 13.4. The average Bonchev–Trinajstić information content (AvgIpc) is 3.03. The van der Waals surface area contributed by atoms with Crippen molar-refractivity contribution in [1.29, 1.82) is 0 Å². The Kier molecular flexibility index (Phi) is 6.26. The molecule has 0 aromatic rings. The van der Waals surface area contributed by atoms with E-state index < -0.39 is 11.9 Å². The van der Waals surface area contributed by atoms with Crippen molar-refractivity contribution in [2.45, 2.75) is 123 Å². The fraction of sp³-hybridized carbons (Fsp3) is 1.00. The topological polar surface area (TPSA) is 79.2 Å². The van der Waals surface area contributed by atoms with E-state index in [0.717, 1.165) is 44.9 Å². The maximum Gasteiger partial charge on any atom is 0.191 e. The van der Waals surface area contributed by atoms with Gasteiger partial charge in [-0.1, -0.05) is 34.1 Å². The van der Waals surface area contributed by atoms with Gasteiger partial charge in [0.15, 0.2) is 5.79 Å². The highest BCUT2D eigenvalue weighted by atomic mass is 16.7. The molecule has 4 saturated carbocycles. The Morgan fingerprint density at radius 2 is 1.61 bits per heavy atom. The Hall–Kier alpha value is -0.200. The number of ether oxygens (including phenoxy) is 2. The fourth-order valence-corrected chi connectivity index (χ4v) is 9.71. The Bertz CT molecular complexity index is 729. The van der Waals surface area contributed by atoms with Gasteiger partial charge in [0, 0.05) is 0 Å². The van der Waals surface area contributed by atoms with Crippen molar-refractivity contribution in [3.05, 3.63) is 0 Å². The molecule has 1 unspecified atom stereocenters. The third-order valence-electron chi connectivity index (χ3n) is 11.6. The minimum atomic E-state index is -0.920. The third kappa shape index (κ3) is 3.75. The van der Waals surface area contributed by atoms with Crippen molar-refractivity contribution < 1.29 is 24.8 Å². The van der Waals surface area contributed by atoms with Gasteiger partial charge >= 0.3 is 0 Å². The molecule has 0 bridgehead atoms. The fourth-order valence-electron chi connectivity index (χ4n) is 9.71. The first kappa shape index (κ1) is 24.5. The van der Waals surface area contributed by atoms with Crippen LogP contribution in [-0.4, -0.2) is 52.1 Å². The highest BCUT2D eigenvalue weighted by molar-refractivity contribution is 5.13. The van der Waals surface area contributed by atoms with Crippen LogP contribution in [0, 0.1) is 46.3 Å². The maximum absolute atomic E-state index is 11.3. The highest BCUT2D eigenvalue weighted by Gasteiger charge is 2.64. The molecule has 33 heavy (non-hydrogen) atoms. The van der Waals surface area contributed by atoms with Gasteiger partial charge in [-0.2, -0.15) is 0 Å². The van der Waals surface area contributed by atoms with E-state index in [1.165, 1.54) is 12.8 Å². The zero-order chi connectivity index (χ0) is 23.8. The number of fused-ring (bicyclic) bond motifs is 5. The van der Waals surface area contributed by atoms with Gasteiger partial charge in [-0.3, -0.25) is 0 Å². The van der Waals surface area contributed by atoms with Crippen molar-refractivity contribution >= 4 is 0 Å². The molecule has 4 aliphatic carbocycles. The molecule has 1 aliphatic heterocycles. The van der Waals surface area contributed by atoms with Crippen molar-refractivity contribution in [1.82, 2.24) is 0 Å². The average molecular weight is 465 g/mol. The Morgan fingerprint density at radius 3 is 2.30 bits per heavy atom. The molecule has 3 N–H and O–H groups in total. The van der Waals surface area contributed by atoms with Crippen LogP contribution in [0.5, 0.6) is 0 Å². The summed E-state index contributed by atoms with van der Waals surface area (Å²) in [5.41, 5.74) is 0.343. The predicted molar refractivity (Wildman–Crippen MR) is 127 cm³/mol. The summed E-state index contributed by atoms with van der Waals surface area (Å²) in [7, 11) is 0. The molecule has 13 atom stereocenters. The summed E-state index contributed by atoms with van der Waals surface area (Å²) >= 11 is 0. The van der Waals surface area contributed by atoms with Crippen LogP contribution in [0.15, 0.2) is 0 Å². The molecule has 190 valence electrons. The summed E-state index contributed by atoms with van der Waals surface area (Å²) in [6, 6.07) is 0. The molecule has 0 amide bonds. The van der Waals surface area contributed by atoms with E-state index in [-0.39, 0.29) is 35.1 Å². The van der Waals surface area contributed by atoms with E-state index in [4.69, 9.17) is 9.47 Å². The first-order chi connectivity index (χ1) is 15.5. The summed E-state index contributed by atoms with van der Waals surface area (Å²) in [6.07, 6.45) is 7.74. The van der Waals surface area contributed by atoms with Crippen LogP contribution in [0.4, 0.5) is 0 Å². The molecule has 5 rings (SSSR count). The zero-order valence-corrected chi connectivity index (χ0v) is 21.5. The molecule has 0 spiro atoms. The van der Waals surface area contributed by atoms with E-state index in [0.29, 0.717) is 36.2 Å². The molecule has 5 nitrogen and oxygen atoms in total. The van der Waals surface area contributed by atoms with Gasteiger partial charge in [-0.15, -0.1) is 0 Å². The van der Waals surface area contributed by atoms with Crippen LogP contribution in [-0.2, 0) is 9.47 Å². The molecule has 5 heteroatoms. The maximum atomic E-state index is 11.3. The first-order valence-corrected chi connectivity index (χ1v) is 13.9. The molecule has 0 radical (unpaired) electrons. The second-order valence-corrected chi connectivity index (χ2v) is 13.4. The summed E-state index contributed by atoms with van der Waals surface area (Å²) < 4.78 is 12.9. The lowest BCUT2D eigenvalue weighted by molar-refractivity contribution is -0.319. The van der Waals surface area contributed by atoms with Crippen molar-refractivity contribution in [3.8, 4) is 0 Å². The lowest BCUT2D eigenvalue weighted by Crippen LogP contribution is -2.58. The van der Waals surface area contributed by atoms with E-state index in [1.807, 2.05) is 6.92 Å². The van der Waals surface area contributed by atoms with Crippen LogP contribution in [0.25, 0.3) is 0 Å². The molecule has 1 saturated heterocycles. The van der Waals surface area contributed by atoms with Crippen LogP contribution >= 0.6 is 0 Å². The second kappa shape index (κ2) is 8.44. The van der Waals surface area contributed by atoms with Gasteiger partial charge in [0.2, 0.25) is 0 Å². The quantitative estimate of drug-likeness (QED) is 0.572. The predicted octanol–water partition coefficient (Wildman–Crippen LogP) is 4.52. The monoisotopic (exact) mass is 464 g/mol. The Balaban J connectivity index is 1.40. The van der Waals surface area contributed by atoms with Gasteiger partial charge in [-0.25, -0.2) is 0 Å². The Labute approximate surface area is 200 Å². The summed E-state index contributed by atoms with van der Waals surface area (Å²) in [6.45, 7) is 11.9. The van der Waals surface area contributed by atoms with Crippen LogP contribution < -0.4 is 0 Å². The van der Waals surface area contributed by atoms with Gasteiger partial charge in [0.05, 0.1) is 24.9 Å². The number of aliphatic hydroxyl groups is 3. The SMILES string of the molecule is CC[C@H]1[C@@H](O[C@]2(C)OC[C@H](C)CC2O)C[C@H]2[C@@H]3C[C@H](O)[C@H]4C[C@@H](O)CC[C@]4(C)[C@H]3CC[C@@]21C. The van der Waals surface area contributed by atoms with Gasteiger partial charge in [0.25, 0.3) is 0 Å². The molecule has 0 aromatic heterocycles. The van der Waals surface area contributed by atoms with E-state index >= 15 is 0 Å². The molecule has 1 heterocycles. The van der Waals surface area contributed by atoms with Gasteiger partial charge < -0.3 is 24.8 Å². The molecular weight excluding hydrogens is 416 g/mol. The molecule has 0 aromatic carbocycles. The highest BCUT2D eigenvalue weighted by Crippen LogP contribution is 2.68. The molecule has 5 aliphatic rings. The standard InChI is InChI=1S/C28H48O5/c1-6-19-24(33-28(5)25(31)11-16(2)15-32-28)14-21-18-13-23(30)22-12-17(29)7-9-27(22,4)20(18)8-10-26(19,21)3/h16-25,29-31H,6-15H2,1-5H3/t16-,17+,18-,19+,20+,21+,22-,23+,24+,25?,26-,27-,28+/m1/s1. The normalized spacial score (nSPS) is 58.9.